The summed E-state index contributed by atoms with van der Waals surface area (Å²) in [5, 5.41) is 0. The molecule has 0 aliphatic heterocycles. The molecule has 0 aliphatic rings. The molecular weight excluding hydrogens is 388 g/mol. The summed E-state index contributed by atoms with van der Waals surface area (Å²) in [7, 11) is -3.78. The van der Waals surface area contributed by atoms with Crippen molar-refractivity contribution in [3.63, 3.8) is 0 Å². The molecule has 1 rings (SSSR count). The molecule has 5 nitrogen and oxygen atoms in total. The minimum Gasteiger partial charge on any atom is -0.465 e. The molecule has 0 fully saturated rings. The van der Waals surface area contributed by atoms with E-state index in [1.807, 2.05) is 22.6 Å². The molecule has 0 N–H and O–H groups in total. The number of carbonyl (C=O) groups is 1. The number of rotatable bonds is 5. The lowest BCUT2D eigenvalue weighted by Gasteiger charge is -2.21. The molecule has 0 unspecified atom stereocenters. The fourth-order valence-electron chi connectivity index (χ4n) is 1.39. The third kappa shape index (κ3) is 4.60. The molecule has 0 saturated carbocycles. The van der Waals surface area contributed by atoms with Gasteiger partial charge in [0.1, 0.15) is 12.4 Å². The van der Waals surface area contributed by atoms with E-state index < -0.39 is 28.4 Å². The number of anilines is 1. The Hall–Kier alpha value is -0.900. The number of carbonyl (C=O) groups excluding carboxylic acids is 1. The zero-order chi connectivity index (χ0) is 14.6. The van der Waals surface area contributed by atoms with Gasteiger partial charge in [0.2, 0.25) is 10.0 Å². The highest BCUT2D eigenvalue weighted by Gasteiger charge is 2.24. The molecule has 1 aromatic carbocycles. The molecule has 0 aliphatic carbocycles. The van der Waals surface area contributed by atoms with Gasteiger partial charge < -0.3 is 4.74 Å². The minimum absolute atomic E-state index is 0.131. The summed E-state index contributed by atoms with van der Waals surface area (Å²) < 4.78 is 43.1. The second-order valence-corrected chi connectivity index (χ2v) is 6.82. The van der Waals surface area contributed by atoms with E-state index in [9.17, 15) is 17.6 Å². The van der Waals surface area contributed by atoms with Gasteiger partial charge in [-0.3, -0.25) is 9.10 Å². The van der Waals surface area contributed by atoms with Crippen molar-refractivity contribution in [2.24, 2.45) is 0 Å². The molecule has 106 valence electrons. The summed E-state index contributed by atoms with van der Waals surface area (Å²) >= 11 is 1.91. The van der Waals surface area contributed by atoms with Crippen LogP contribution in [0, 0.1) is 9.39 Å². The lowest BCUT2D eigenvalue weighted by Crippen LogP contribution is -2.36. The molecular formula is C11H13FINO4S. The first kappa shape index (κ1) is 16.2. The van der Waals surface area contributed by atoms with Crippen molar-refractivity contribution in [1.29, 1.82) is 0 Å². The average molecular weight is 401 g/mol. The van der Waals surface area contributed by atoms with Gasteiger partial charge in [-0.1, -0.05) is 0 Å². The second kappa shape index (κ2) is 6.51. The van der Waals surface area contributed by atoms with Gasteiger partial charge in [0.05, 0.1) is 18.6 Å². The highest BCUT2D eigenvalue weighted by atomic mass is 127. The van der Waals surface area contributed by atoms with Crippen LogP contribution in [-0.4, -0.2) is 33.8 Å². The fourth-order valence-corrected chi connectivity index (χ4v) is 2.69. The molecule has 19 heavy (non-hydrogen) atoms. The predicted molar refractivity (Wildman–Crippen MR) is 77.9 cm³/mol. The zero-order valence-corrected chi connectivity index (χ0v) is 13.4. The SMILES string of the molecule is CCOC(=O)CN(c1ccc(I)cc1F)S(C)(=O)=O. The molecule has 0 spiro atoms. The summed E-state index contributed by atoms with van der Waals surface area (Å²) in [6, 6.07) is 4.07. The number of halogens is 2. The van der Waals surface area contributed by atoms with Crippen LogP contribution in [0.25, 0.3) is 0 Å². The van der Waals surface area contributed by atoms with Gasteiger partial charge in [-0.05, 0) is 47.7 Å². The van der Waals surface area contributed by atoms with Crippen molar-refractivity contribution >= 4 is 44.3 Å². The second-order valence-electron chi connectivity index (χ2n) is 3.67. The number of sulfonamides is 1. The van der Waals surface area contributed by atoms with Crippen LogP contribution < -0.4 is 4.31 Å². The maximum Gasteiger partial charge on any atom is 0.326 e. The van der Waals surface area contributed by atoms with E-state index in [0.29, 0.717) is 7.88 Å². The lowest BCUT2D eigenvalue weighted by molar-refractivity contribution is -0.141. The normalized spacial score (nSPS) is 11.2. The third-order valence-corrected chi connectivity index (χ3v) is 3.95. The molecule has 0 heterocycles. The van der Waals surface area contributed by atoms with Crippen molar-refractivity contribution in [1.82, 2.24) is 0 Å². The van der Waals surface area contributed by atoms with Crippen molar-refractivity contribution in [3.05, 3.63) is 27.6 Å². The van der Waals surface area contributed by atoms with Crippen LogP contribution in [0.1, 0.15) is 6.92 Å². The Balaban J connectivity index is 3.14. The zero-order valence-electron chi connectivity index (χ0n) is 10.4. The first-order valence-electron chi connectivity index (χ1n) is 5.34. The van der Waals surface area contributed by atoms with E-state index in [1.165, 1.54) is 12.1 Å². The van der Waals surface area contributed by atoms with E-state index in [2.05, 4.69) is 4.74 Å². The maximum atomic E-state index is 13.8. The van der Waals surface area contributed by atoms with E-state index >= 15 is 0 Å². The molecule has 1 aromatic rings. The molecule has 0 saturated heterocycles. The van der Waals surface area contributed by atoms with Gasteiger partial charge in [-0.25, -0.2) is 12.8 Å². The summed E-state index contributed by atoms with van der Waals surface area (Å²) in [4.78, 5) is 11.4. The highest BCUT2D eigenvalue weighted by Crippen LogP contribution is 2.23. The fraction of sp³-hybridized carbons (Fsp3) is 0.364. The maximum absolute atomic E-state index is 13.8. The van der Waals surface area contributed by atoms with Crippen LogP contribution >= 0.6 is 22.6 Å². The monoisotopic (exact) mass is 401 g/mol. The number of hydrogen-bond acceptors (Lipinski definition) is 4. The van der Waals surface area contributed by atoms with Gasteiger partial charge in [0.25, 0.3) is 0 Å². The third-order valence-electron chi connectivity index (χ3n) is 2.16. The smallest absolute Gasteiger partial charge is 0.326 e. The van der Waals surface area contributed by atoms with Crippen molar-refractivity contribution in [3.8, 4) is 0 Å². The Kier molecular flexibility index (Phi) is 5.53. The molecule has 0 aromatic heterocycles. The van der Waals surface area contributed by atoms with Gasteiger partial charge in [0.15, 0.2) is 0 Å². The van der Waals surface area contributed by atoms with Crippen LogP contribution in [0.15, 0.2) is 18.2 Å². The van der Waals surface area contributed by atoms with Gasteiger partial charge in [-0.2, -0.15) is 0 Å². The van der Waals surface area contributed by atoms with Crippen LogP contribution in [0.5, 0.6) is 0 Å². The first-order chi connectivity index (χ1) is 8.75. The molecule has 0 radical (unpaired) electrons. The predicted octanol–water partition coefficient (Wildman–Crippen LogP) is 1.76. The minimum atomic E-state index is -3.78. The Labute approximate surface area is 124 Å². The Morgan fingerprint density at radius 3 is 2.58 bits per heavy atom. The number of nitrogens with zero attached hydrogens (tertiary/aromatic N) is 1. The van der Waals surface area contributed by atoms with Crippen LogP contribution in [0.2, 0.25) is 0 Å². The number of hydrogen-bond donors (Lipinski definition) is 0. The van der Waals surface area contributed by atoms with Gasteiger partial charge >= 0.3 is 5.97 Å². The first-order valence-corrected chi connectivity index (χ1v) is 8.26. The van der Waals surface area contributed by atoms with Gasteiger partial charge in [-0.15, -0.1) is 0 Å². The van der Waals surface area contributed by atoms with Crippen LogP contribution in [-0.2, 0) is 19.6 Å². The van der Waals surface area contributed by atoms with Crippen LogP contribution in [0.3, 0.4) is 0 Å². The van der Waals surface area contributed by atoms with Crippen molar-refractivity contribution in [2.45, 2.75) is 6.92 Å². The lowest BCUT2D eigenvalue weighted by atomic mass is 10.3. The Bertz CT molecular complexity index is 576. The largest absolute Gasteiger partial charge is 0.465 e. The van der Waals surface area contributed by atoms with Crippen molar-refractivity contribution < 1.29 is 22.3 Å². The summed E-state index contributed by atoms with van der Waals surface area (Å²) in [5.74, 6) is -1.44. The topological polar surface area (TPSA) is 63.7 Å². The van der Waals surface area contributed by atoms with Crippen LogP contribution in [0.4, 0.5) is 10.1 Å². The highest BCUT2D eigenvalue weighted by molar-refractivity contribution is 14.1. The molecule has 0 atom stereocenters. The van der Waals surface area contributed by atoms with Crippen molar-refractivity contribution in [2.75, 3.05) is 23.7 Å². The number of esters is 1. The van der Waals surface area contributed by atoms with E-state index in [0.717, 1.165) is 6.26 Å². The standard InChI is InChI=1S/C11H13FINO4S/c1-3-18-11(15)7-14(19(2,16)17)10-5-4-8(13)6-9(10)12/h4-6H,3,7H2,1-2H3. The average Bonchev–Trinajstić information content (AvgIpc) is 2.25. The van der Waals surface area contributed by atoms with E-state index in [1.54, 1.807) is 13.0 Å². The molecule has 0 bridgehead atoms. The molecule has 8 heteroatoms. The number of ether oxygens (including phenoxy) is 1. The van der Waals surface area contributed by atoms with E-state index in [4.69, 9.17) is 0 Å². The van der Waals surface area contributed by atoms with Gasteiger partial charge in [0, 0.05) is 3.57 Å². The number of benzene rings is 1. The Morgan fingerprint density at radius 1 is 1.47 bits per heavy atom. The summed E-state index contributed by atoms with van der Waals surface area (Å²) in [5.41, 5.74) is -0.170. The summed E-state index contributed by atoms with van der Waals surface area (Å²) in [6.45, 7) is 1.18. The molecule has 0 amide bonds. The quantitative estimate of drug-likeness (QED) is 0.557. The summed E-state index contributed by atoms with van der Waals surface area (Å²) in [6.07, 6.45) is 0.906. The van der Waals surface area contributed by atoms with E-state index in [-0.39, 0.29) is 12.3 Å². The Morgan fingerprint density at radius 2 is 2.11 bits per heavy atom.